The summed E-state index contributed by atoms with van der Waals surface area (Å²) >= 11 is 0. The van der Waals surface area contributed by atoms with E-state index in [2.05, 4.69) is 15.0 Å². The van der Waals surface area contributed by atoms with Gasteiger partial charge in [-0.3, -0.25) is 0 Å². The summed E-state index contributed by atoms with van der Waals surface area (Å²) < 4.78 is 33.1. The second-order valence-corrected chi connectivity index (χ2v) is 6.20. The lowest BCUT2D eigenvalue weighted by atomic mass is 10.2. The molecule has 0 spiro atoms. The Kier molecular flexibility index (Phi) is 4.79. The number of ether oxygens (including phenoxy) is 2. The average molecular weight is 312 g/mol. The van der Waals surface area contributed by atoms with Crippen LogP contribution in [-0.4, -0.2) is 46.0 Å². The van der Waals surface area contributed by atoms with Crippen LogP contribution in [0.4, 0.5) is 4.79 Å². The van der Waals surface area contributed by atoms with Gasteiger partial charge in [-0.05, 0) is 19.1 Å². The Morgan fingerprint density at radius 3 is 2.29 bits per heavy atom. The summed E-state index contributed by atoms with van der Waals surface area (Å²) in [6.07, 6.45) is -0.296. The molecule has 0 unspecified atom stereocenters. The molecule has 1 fully saturated rings. The van der Waals surface area contributed by atoms with E-state index in [1.165, 1.54) is 0 Å². The highest BCUT2D eigenvalue weighted by atomic mass is 32.2. The maximum Gasteiger partial charge on any atom is 0.407 e. The lowest BCUT2D eigenvalue weighted by Crippen LogP contribution is -2.15. The number of sulfone groups is 1. The molecule has 2 heterocycles. The summed E-state index contributed by atoms with van der Waals surface area (Å²) in [6.45, 7) is 3.86. The number of carbonyl (C=O) groups excluding carboxylic acids is 1. The van der Waals surface area contributed by atoms with Crippen LogP contribution in [0.1, 0.15) is 5.56 Å². The SMILES string of the molecule is Cc1ccc(S(=O)(=O)C2=NCCO2)cc1.O=C1NCCO1. The number of amides is 1. The molecule has 0 aliphatic carbocycles. The third-order valence-electron chi connectivity index (χ3n) is 2.72. The minimum atomic E-state index is -3.53. The van der Waals surface area contributed by atoms with Gasteiger partial charge in [0.15, 0.2) is 0 Å². The molecule has 3 rings (SSSR count). The van der Waals surface area contributed by atoms with Crippen molar-refractivity contribution in [2.45, 2.75) is 11.8 Å². The molecule has 114 valence electrons. The van der Waals surface area contributed by atoms with Crippen LogP contribution in [0.5, 0.6) is 0 Å². The molecular weight excluding hydrogens is 296 g/mol. The summed E-state index contributed by atoms with van der Waals surface area (Å²) in [6, 6.07) is 6.63. The van der Waals surface area contributed by atoms with E-state index in [1.807, 2.05) is 6.92 Å². The van der Waals surface area contributed by atoms with Crippen molar-refractivity contribution < 1.29 is 22.7 Å². The lowest BCUT2D eigenvalue weighted by Gasteiger charge is -2.03. The fourth-order valence-electron chi connectivity index (χ4n) is 1.64. The van der Waals surface area contributed by atoms with E-state index in [0.717, 1.165) is 5.56 Å². The monoisotopic (exact) mass is 312 g/mol. The fourth-order valence-corrected chi connectivity index (χ4v) is 2.84. The number of nitrogens with one attached hydrogen (secondary N) is 1. The van der Waals surface area contributed by atoms with Gasteiger partial charge in [-0.15, -0.1) is 0 Å². The molecule has 2 aliphatic heterocycles. The van der Waals surface area contributed by atoms with Crippen LogP contribution < -0.4 is 5.32 Å². The minimum absolute atomic E-state index is 0.161. The van der Waals surface area contributed by atoms with E-state index in [9.17, 15) is 13.2 Å². The van der Waals surface area contributed by atoms with Crippen LogP contribution in [0.25, 0.3) is 0 Å². The fraction of sp³-hybridized carbons (Fsp3) is 0.385. The summed E-state index contributed by atoms with van der Waals surface area (Å²) in [4.78, 5) is 14.0. The van der Waals surface area contributed by atoms with Crippen LogP contribution in [0.2, 0.25) is 0 Å². The first-order valence-electron chi connectivity index (χ1n) is 6.40. The molecule has 1 aromatic rings. The molecule has 1 aromatic carbocycles. The first-order chi connectivity index (χ1) is 10.00. The predicted molar refractivity (Wildman–Crippen MR) is 76.0 cm³/mol. The average Bonchev–Trinajstić information content (AvgIpc) is 3.13. The molecule has 0 radical (unpaired) electrons. The normalized spacial score (nSPS) is 17.0. The molecule has 0 saturated carbocycles. The minimum Gasteiger partial charge on any atom is -0.467 e. The highest BCUT2D eigenvalue weighted by molar-refractivity contribution is 8.06. The van der Waals surface area contributed by atoms with Crippen molar-refractivity contribution in [2.75, 3.05) is 26.3 Å². The number of cyclic esters (lactones) is 1. The molecule has 8 heteroatoms. The second kappa shape index (κ2) is 6.57. The van der Waals surface area contributed by atoms with Gasteiger partial charge in [0.1, 0.15) is 13.2 Å². The summed E-state index contributed by atoms with van der Waals surface area (Å²) in [5.41, 5.74) is 1.02. The van der Waals surface area contributed by atoms with Crippen LogP contribution in [0, 0.1) is 6.92 Å². The summed E-state index contributed by atoms with van der Waals surface area (Å²) in [5.74, 6) is 0. The first-order valence-corrected chi connectivity index (χ1v) is 7.88. The molecule has 0 atom stereocenters. The maximum absolute atomic E-state index is 11.9. The van der Waals surface area contributed by atoms with Crippen LogP contribution in [0.15, 0.2) is 34.2 Å². The third-order valence-corrected chi connectivity index (χ3v) is 4.32. The van der Waals surface area contributed by atoms with Gasteiger partial charge in [0.25, 0.3) is 9.84 Å². The number of alkyl carbamates (subject to hydrolysis) is 1. The van der Waals surface area contributed by atoms with Crippen LogP contribution in [-0.2, 0) is 19.3 Å². The Morgan fingerprint density at radius 1 is 1.14 bits per heavy atom. The van der Waals surface area contributed by atoms with Crippen molar-refractivity contribution in [3.8, 4) is 0 Å². The molecule has 7 nitrogen and oxygen atoms in total. The first kappa shape index (κ1) is 15.3. The quantitative estimate of drug-likeness (QED) is 0.831. The molecular formula is C13H16N2O5S. The summed E-state index contributed by atoms with van der Waals surface area (Å²) in [5, 5.41) is 2.30. The van der Waals surface area contributed by atoms with Gasteiger partial charge in [0, 0.05) is 0 Å². The molecule has 21 heavy (non-hydrogen) atoms. The van der Waals surface area contributed by atoms with E-state index in [4.69, 9.17) is 4.74 Å². The number of aliphatic imine (C=N–C) groups is 1. The van der Waals surface area contributed by atoms with Crippen molar-refractivity contribution >= 4 is 21.2 Å². The van der Waals surface area contributed by atoms with E-state index in [1.54, 1.807) is 24.3 Å². The van der Waals surface area contributed by atoms with Crippen molar-refractivity contribution in [3.63, 3.8) is 0 Å². The van der Waals surface area contributed by atoms with Crippen molar-refractivity contribution in [1.29, 1.82) is 0 Å². The zero-order valence-electron chi connectivity index (χ0n) is 11.5. The Bertz CT molecular complexity index is 629. The molecule has 1 saturated heterocycles. The Hall–Kier alpha value is -2.09. The molecule has 2 aliphatic rings. The molecule has 0 aromatic heterocycles. The number of carbonyl (C=O) groups is 1. The van der Waals surface area contributed by atoms with Gasteiger partial charge in [-0.2, -0.15) is 0 Å². The topological polar surface area (TPSA) is 94.1 Å². The Morgan fingerprint density at radius 2 is 1.86 bits per heavy atom. The standard InChI is InChI=1S/C10H11NO3S.C3H5NO2/c1-8-2-4-9(5-3-8)15(12,13)10-11-6-7-14-10;5-3-4-1-2-6-3/h2-5H,6-7H2,1H3;1-2H2,(H,4,5). The number of aryl methyl sites for hydroxylation is 1. The number of hydrogen-bond donors (Lipinski definition) is 1. The largest absolute Gasteiger partial charge is 0.467 e. The number of benzene rings is 1. The van der Waals surface area contributed by atoms with E-state index in [0.29, 0.717) is 26.3 Å². The van der Waals surface area contributed by atoms with Gasteiger partial charge in [-0.1, -0.05) is 17.7 Å². The smallest absolute Gasteiger partial charge is 0.407 e. The Balaban J connectivity index is 0.000000225. The molecule has 0 bridgehead atoms. The van der Waals surface area contributed by atoms with Crippen molar-refractivity contribution in [2.24, 2.45) is 4.99 Å². The van der Waals surface area contributed by atoms with E-state index >= 15 is 0 Å². The lowest BCUT2D eigenvalue weighted by molar-refractivity contribution is 0.178. The maximum atomic E-state index is 11.9. The number of nitrogens with zero attached hydrogens (tertiary/aromatic N) is 1. The number of rotatable bonds is 1. The van der Waals surface area contributed by atoms with Gasteiger partial charge in [-0.25, -0.2) is 18.2 Å². The molecule has 1 amide bonds. The van der Waals surface area contributed by atoms with Crippen LogP contribution in [0.3, 0.4) is 0 Å². The van der Waals surface area contributed by atoms with Gasteiger partial charge in [0.2, 0.25) is 0 Å². The van der Waals surface area contributed by atoms with Crippen molar-refractivity contribution in [1.82, 2.24) is 5.32 Å². The molecule has 1 N–H and O–H groups in total. The second-order valence-electron chi connectivity index (χ2n) is 4.38. The van der Waals surface area contributed by atoms with Gasteiger partial charge >= 0.3 is 11.3 Å². The Labute approximate surface area is 122 Å². The van der Waals surface area contributed by atoms with Crippen molar-refractivity contribution in [3.05, 3.63) is 29.8 Å². The van der Waals surface area contributed by atoms with E-state index < -0.39 is 9.84 Å². The number of hydrogen-bond acceptors (Lipinski definition) is 6. The highest BCUT2D eigenvalue weighted by Gasteiger charge is 2.26. The highest BCUT2D eigenvalue weighted by Crippen LogP contribution is 2.16. The van der Waals surface area contributed by atoms with Gasteiger partial charge in [0.05, 0.1) is 18.0 Å². The van der Waals surface area contributed by atoms with Crippen LogP contribution >= 0.6 is 0 Å². The third kappa shape index (κ3) is 3.94. The van der Waals surface area contributed by atoms with Gasteiger partial charge < -0.3 is 14.8 Å². The summed E-state index contributed by atoms with van der Waals surface area (Å²) in [7, 11) is -3.53. The van der Waals surface area contributed by atoms with E-state index in [-0.39, 0.29) is 16.2 Å². The zero-order valence-corrected chi connectivity index (χ0v) is 12.4. The zero-order chi connectivity index (χ0) is 15.3. The predicted octanol–water partition coefficient (Wildman–Crippen LogP) is 0.881.